The molecule has 6 heteroatoms. The first-order chi connectivity index (χ1) is 13.4. The van der Waals surface area contributed by atoms with E-state index in [4.69, 9.17) is 4.74 Å². The van der Waals surface area contributed by atoms with E-state index in [-0.39, 0.29) is 23.7 Å². The van der Waals surface area contributed by atoms with E-state index in [1.165, 1.54) is 4.90 Å². The molecular weight excluding hydrogens is 422 g/mol. The molecule has 28 heavy (non-hydrogen) atoms. The zero-order valence-corrected chi connectivity index (χ0v) is 17.0. The Balaban J connectivity index is 1.50. The number of anilines is 1. The molecule has 2 aromatic rings. The molecule has 0 bridgehead atoms. The standard InChI is InChI=1S/C22H20BrNO4/c1-13-2-11-18-19(12-13)21(26)24(20(18)25)16-7-3-14(4-8-16)22(27)28-17-9-5-15(23)6-10-17/h3-10,13,18-19H,2,11-12H2,1H3/t13-,18-,19+/m0/s1. The summed E-state index contributed by atoms with van der Waals surface area (Å²) in [6, 6.07) is 13.4. The summed E-state index contributed by atoms with van der Waals surface area (Å²) in [7, 11) is 0. The molecule has 144 valence electrons. The lowest BCUT2D eigenvalue weighted by Gasteiger charge is -2.25. The van der Waals surface area contributed by atoms with Gasteiger partial charge in [0.15, 0.2) is 0 Å². The minimum atomic E-state index is -0.490. The smallest absolute Gasteiger partial charge is 0.343 e. The Bertz CT molecular complexity index is 923. The first-order valence-electron chi connectivity index (χ1n) is 9.39. The third-order valence-corrected chi connectivity index (χ3v) is 6.10. The van der Waals surface area contributed by atoms with E-state index in [0.717, 1.165) is 23.7 Å². The van der Waals surface area contributed by atoms with Crippen LogP contribution < -0.4 is 9.64 Å². The molecular formula is C22H20BrNO4. The largest absolute Gasteiger partial charge is 0.423 e. The zero-order valence-electron chi connectivity index (χ0n) is 15.4. The maximum absolute atomic E-state index is 12.8. The molecule has 0 radical (unpaired) electrons. The van der Waals surface area contributed by atoms with Crippen LogP contribution in [0.4, 0.5) is 5.69 Å². The highest BCUT2D eigenvalue weighted by Crippen LogP contribution is 2.42. The summed E-state index contributed by atoms with van der Waals surface area (Å²) in [5, 5.41) is 0. The van der Waals surface area contributed by atoms with Gasteiger partial charge in [-0.2, -0.15) is 0 Å². The van der Waals surface area contributed by atoms with Crippen LogP contribution >= 0.6 is 15.9 Å². The van der Waals surface area contributed by atoms with Crippen molar-refractivity contribution < 1.29 is 19.1 Å². The molecule has 2 aliphatic rings. The fourth-order valence-electron chi connectivity index (χ4n) is 4.06. The maximum atomic E-state index is 12.8. The van der Waals surface area contributed by atoms with Crippen molar-refractivity contribution in [2.75, 3.05) is 4.90 Å². The summed E-state index contributed by atoms with van der Waals surface area (Å²) < 4.78 is 6.24. The SMILES string of the molecule is C[C@H]1CC[C@@H]2C(=O)N(c3ccc(C(=O)Oc4ccc(Br)cc4)cc3)C(=O)[C@@H]2C1. The predicted molar refractivity (Wildman–Crippen MR) is 108 cm³/mol. The van der Waals surface area contributed by atoms with Crippen LogP contribution in [0.2, 0.25) is 0 Å². The zero-order chi connectivity index (χ0) is 19.8. The molecule has 0 N–H and O–H groups in total. The molecule has 1 heterocycles. The van der Waals surface area contributed by atoms with Crippen LogP contribution in [0, 0.1) is 17.8 Å². The second-order valence-electron chi connectivity index (χ2n) is 7.53. The minimum Gasteiger partial charge on any atom is -0.423 e. The number of esters is 1. The normalized spacial score (nSPS) is 24.2. The van der Waals surface area contributed by atoms with Crippen molar-refractivity contribution in [3.63, 3.8) is 0 Å². The first-order valence-corrected chi connectivity index (χ1v) is 10.2. The van der Waals surface area contributed by atoms with Gasteiger partial charge in [0.1, 0.15) is 5.75 Å². The highest BCUT2D eigenvalue weighted by atomic mass is 79.9. The Morgan fingerprint density at radius 1 is 0.964 bits per heavy atom. The Morgan fingerprint density at radius 3 is 2.29 bits per heavy atom. The topological polar surface area (TPSA) is 63.7 Å². The van der Waals surface area contributed by atoms with Crippen molar-refractivity contribution in [2.45, 2.75) is 26.2 Å². The third kappa shape index (κ3) is 3.49. The molecule has 0 aromatic heterocycles. The lowest BCUT2D eigenvalue weighted by molar-refractivity contribution is -0.122. The average molecular weight is 442 g/mol. The highest BCUT2D eigenvalue weighted by Gasteiger charge is 2.49. The van der Waals surface area contributed by atoms with Crippen LogP contribution in [0.5, 0.6) is 5.75 Å². The number of nitrogens with zero attached hydrogens (tertiary/aromatic N) is 1. The quantitative estimate of drug-likeness (QED) is 0.396. The van der Waals surface area contributed by atoms with Gasteiger partial charge in [0.2, 0.25) is 11.8 Å². The lowest BCUT2D eigenvalue weighted by atomic mass is 9.76. The molecule has 1 saturated carbocycles. The summed E-state index contributed by atoms with van der Waals surface area (Å²) in [4.78, 5) is 39.2. The molecule has 1 aliphatic heterocycles. The second kappa shape index (κ2) is 7.51. The summed E-state index contributed by atoms with van der Waals surface area (Å²) in [6.07, 6.45) is 2.52. The van der Waals surface area contributed by atoms with E-state index >= 15 is 0 Å². The van der Waals surface area contributed by atoms with Gasteiger partial charge in [0.25, 0.3) is 0 Å². The highest BCUT2D eigenvalue weighted by molar-refractivity contribution is 9.10. The number of hydrogen-bond acceptors (Lipinski definition) is 4. The number of carbonyl (C=O) groups excluding carboxylic acids is 3. The molecule has 2 amide bonds. The lowest BCUT2D eigenvalue weighted by Crippen LogP contribution is -2.30. The molecule has 1 aliphatic carbocycles. The van der Waals surface area contributed by atoms with Crippen molar-refractivity contribution >= 4 is 39.4 Å². The van der Waals surface area contributed by atoms with Crippen molar-refractivity contribution in [1.82, 2.24) is 0 Å². The van der Waals surface area contributed by atoms with Crippen molar-refractivity contribution in [3.8, 4) is 5.75 Å². The van der Waals surface area contributed by atoms with Crippen LogP contribution in [0.15, 0.2) is 53.0 Å². The van der Waals surface area contributed by atoms with E-state index in [9.17, 15) is 14.4 Å². The number of hydrogen-bond donors (Lipinski definition) is 0. The van der Waals surface area contributed by atoms with Crippen molar-refractivity contribution in [1.29, 1.82) is 0 Å². The minimum absolute atomic E-state index is 0.118. The number of halogens is 1. The van der Waals surface area contributed by atoms with E-state index in [0.29, 0.717) is 22.9 Å². The fraction of sp³-hybridized carbons (Fsp3) is 0.318. The number of carbonyl (C=O) groups is 3. The second-order valence-corrected chi connectivity index (χ2v) is 8.45. The van der Waals surface area contributed by atoms with Gasteiger partial charge in [-0.25, -0.2) is 4.79 Å². The third-order valence-electron chi connectivity index (χ3n) is 5.57. The van der Waals surface area contributed by atoms with Crippen molar-refractivity contribution in [2.24, 2.45) is 17.8 Å². The Morgan fingerprint density at radius 2 is 1.61 bits per heavy atom. The van der Waals surface area contributed by atoms with Gasteiger partial charge in [-0.05, 0) is 73.7 Å². The van der Waals surface area contributed by atoms with E-state index in [1.54, 1.807) is 48.5 Å². The van der Waals surface area contributed by atoms with Gasteiger partial charge in [-0.3, -0.25) is 14.5 Å². The number of ether oxygens (including phenoxy) is 1. The Kier molecular flexibility index (Phi) is 5.06. The maximum Gasteiger partial charge on any atom is 0.343 e. The Labute approximate surface area is 171 Å². The molecule has 5 nitrogen and oxygen atoms in total. The van der Waals surface area contributed by atoms with Crippen LogP contribution in [0.25, 0.3) is 0 Å². The number of imide groups is 1. The van der Waals surface area contributed by atoms with E-state index < -0.39 is 5.97 Å². The molecule has 2 fully saturated rings. The monoisotopic (exact) mass is 441 g/mol. The van der Waals surface area contributed by atoms with E-state index in [2.05, 4.69) is 22.9 Å². The van der Waals surface area contributed by atoms with Gasteiger partial charge in [0.05, 0.1) is 23.1 Å². The summed E-state index contributed by atoms with van der Waals surface area (Å²) in [5.74, 6) is -0.229. The van der Waals surface area contributed by atoms with Gasteiger partial charge in [-0.1, -0.05) is 22.9 Å². The Hall–Kier alpha value is -2.47. The van der Waals surface area contributed by atoms with Gasteiger partial charge < -0.3 is 4.74 Å². The summed E-state index contributed by atoms with van der Waals surface area (Å²) in [5.41, 5.74) is 0.869. The van der Waals surface area contributed by atoms with Gasteiger partial charge >= 0.3 is 5.97 Å². The summed E-state index contributed by atoms with van der Waals surface area (Å²) >= 11 is 3.33. The molecule has 0 unspecified atom stereocenters. The van der Waals surface area contributed by atoms with Crippen LogP contribution in [-0.4, -0.2) is 17.8 Å². The van der Waals surface area contributed by atoms with Crippen LogP contribution in [0.3, 0.4) is 0 Å². The van der Waals surface area contributed by atoms with Crippen LogP contribution in [-0.2, 0) is 9.59 Å². The average Bonchev–Trinajstić information content (AvgIpc) is 2.93. The number of benzene rings is 2. The van der Waals surface area contributed by atoms with Gasteiger partial charge in [0, 0.05) is 4.47 Å². The predicted octanol–water partition coefficient (Wildman–Crippen LogP) is 4.59. The van der Waals surface area contributed by atoms with Crippen LogP contribution in [0.1, 0.15) is 36.5 Å². The molecule has 4 rings (SSSR count). The molecule has 1 saturated heterocycles. The number of fused-ring (bicyclic) bond motifs is 1. The fourth-order valence-corrected chi connectivity index (χ4v) is 4.32. The molecule has 2 aromatic carbocycles. The first kappa shape index (κ1) is 18.9. The number of amides is 2. The van der Waals surface area contributed by atoms with E-state index in [1.807, 2.05) is 0 Å². The molecule has 0 spiro atoms. The van der Waals surface area contributed by atoms with Gasteiger partial charge in [-0.15, -0.1) is 0 Å². The summed E-state index contributed by atoms with van der Waals surface area (Å²) in [6.45, 7) is 2.13. The molecule has 3 atom stereocenters. The van der Waals surface area contributed by atoms with Crippen molar-refractivity contribution in [3.05, 3.63) is 58.6 Å². The number of rotatable bonds is 3.